The summed E-state index contributed by atoms with van der Waals surface area (Å²) in [5, 5.41) is 1.10. The molecular weight excluding hydrogens is 298 g/mol. The van der Waals surface area contributed by atoms with Gasteiger partial charge in [-0.15, -0.1) is 0 Å². The van der Waals surface area contributed by atoms with Crippen LogP contribution in [0.15, 0.2) is 27.4 Å². The van der Waals surface area contributed by atoms with Gasteiger partial charge in [-0.3, -0.25) is 0 Å². The Bertz CT molecular complexity index is 723. The summed E-state index contributed by atoms with van der Waals surface area (Å²) in [6.45, 7) is 8.52. The lowest BCUT2D eigenvalue weighted by Gasteiger charge is -2.30. The summed E-state index contributed by atoms with van der Waals surface area (Å²) in [6, 6.07) is 6.58. The lowest BCUT2D eigenvalue weighted by atomic mass is 10.00. The lowest BCUT2D eigenvalue weighted by Crippen LogP contribution is -3.14. The van der Waals surface area contributed by atoms with E-state index in [1.807, 2.05) is 6.92 Å². The summed E-state index contributed by atoms with van der Waals surface area (Å²) < 4.78 is 5.47. The molecule has 0 saturated carbocycles. The Labute approximate surface area is 137 Å². The molecule has 3 rings (SSSR count). The van der Waals surface area contributed by atoms with Crippen molar-refractivity contribution in [1.29, 1.82) is 0 Å². The zero-order valence-corrected chi connectivity index (χ0v) is 14.3. The van der Waals surface area contributed by atoms with Crippen molar-refractivity contribution in [3.05, 3.63) is 45.3 Å². The van der Waals surface area contributed by atoms with Gasteiger partial charge in [0.25, 0.3) is 0 Å². The molecule has 3 nitrogen and oxygen atoms in total. The van der Waals surface area contributed by atoms with Crippen molar-refractivity contribution in [3.63, 3.8) is 0 Å². The van der Waals surface area contributed by atoms with Gasteiger partial charge in [0.15, 0.2) is 0 Å². The first kappa shape index (κ1) is 17.0. The van der Waals surface area contributed by atoms with Crippen LogP contribution in [0.4, 0.5) is 0 Å². The molecule has 0 spiro atoms. The maximum atomic E-state index is 11.9. The summed E-state index contributed by atoms with van der Waals surface area (Å²) in [4.78, 5) is 13.5. The molecule has 1 aromatic heterocycles. The van der Waals surface area contributed by atoms with Crippen LogP contribution in [-0.4, -0.2) is 12.6 Å². The molecule has 2 aromatic rings. The number of hydrogen-bond acceptors (Lipinski definition) is 2. The van der Waals surface area contributed by atoms with E-state index < -0.39 is 0 Å². The predicted octanol–water partition coefficient (Wildman–Crippen LogP) is -0.629. The van der Waals surface area contributed by atoms with Crippen LogP contribution in [0.2, 0.25) is 0 Å². The van der Waals surface area contributed by atoms with E-state index in [4.69, 9.17) is 4.42 Å². The minimum Gasteiger partial charge on any atom is -1.00 e. The summed E-state index contributed by atoms with van der Waals surface area (Å²) >= 11 is 0. The Morgan fingerprint density at radius 1 is 1.27 bits per heavy atom. The standard InChI is InChI=1S/C18H23NO2.ClH/c1-12-7-8-16-15(10-17(20)21-18(16)14(12)3)11-19-9-5-4-6-13(19)2;/h7-8,10,13H,4-6,9,11H2,1-3H3;1H. The maximum absolute atomic E-state index is 11.9. The van der Waals surface area contributed by atoms with E-state index in [2.05, 4.69) is 26.0 Å². The largest absolute Gasteiger partial charge is 1.00 e. The topological polar surface area (TPSA) is 34.7 Å². The fraction of sp³-hybridized carbons (Fsp3) is 0.500. The zero-order valence-electron chi connectivity index (χ0n) is 13.5. The number of rotatable bonds is 2. The molecule has 0 radical (unpaired) electrons. The minimum absolute atomic E-state index is 0. The summed E-state index contributed by atoms with van der Waals surface area (Å²) in [5.41, 5.74) is 3.92. The highest BCUT2D eigenvalue weighted by Crippen LogP contribution is 2.23. The number of aryl methyl sites for hydroxylation is 2. The first-order valence-corrected chi connectivity index (χ1v) is 7.94. The number of quaternary nitrogens is 1. The highest BCUT2D eigenvalue weighted by molar-refractivity contribution is 5.83. The van der Waals surface area contributed by atoms with Gasteiger partial charge in [-0.1, -0.05) is 12.1 Å². The second-order valence-electron chi connectivity index (χ2n) is 6.46. The van der Waals surface area contributed by atoms with Crippen LogP contribution in [0.5, 0.6) is 0 Å². The Kier molecular flexibility index (Phi) is 5.30. The monoisotopic (exact) mass is 321 g/mol. The van der Waals surface area contributed by atoms with E-state index in [9.17, 15) is 4.79 Å². The van der Waals surface area contributed by atoms with Gasteiger partial charge < -0.3 is 21.7 Å². The summed E-state index contributed by atoms with van der Waals surface area (Å²) in [5.74, 6) is 0. The highest BCUT2D eigenvalue weighted by atomic mass is 35.5. The van der Waals surface area contributed by atoms with Crippen LogP contribution in [0.3, 0.4) is 0 Å². The number of likely N-dealkylation sites (tertiary alicyclic amines) is 1. The van der Waals surface area contributed by atoms with Crippen molar-refractivity contribution in [2.45, 2.75) is 52.6 Å². The molecule has 1 N–H and O–H groups in total. The highest BCUT2D eigenvalue weighted by Gasteiger charge is 2.23. The third-order valence-corrected chi connectivity index (χ3v) is 5.02. The maximum Gasteiger partial charge on any atom is 0.336 e. The average Bonchev–Trinajstić information content (AvgIpc) is 2.46. The van der Waals surface area contributed by atoms with Crippen molar-refractivity contribution in [2.75, 3.05) is 6.54 Å². The van der Waals surface area contributed by atoms with Gasteiger partial charge in [-0.25, -0.2) is 4.79 Å². The van der Waals surface area contributed by atoms with E-state index in [1.165, 1.54) is 31.4 Å². The van der Waals surface area contributed by atoms with Crippen LogP contribution in [-0.2, 0) is 6.54 Å². The number of benzene rings is 1. The van der Waals surface area contributed by atoms with Crippen LogP contribution in [0.25, 0.3) is 11.0 Å². The van der Waals surface area contributed by atoms with Gasteiger partial charge in [0.05, 0.1) is 12.6 Å². The minimum atomic E-state index is -0.227. The number of piperidine rings is 1. The summed E-state index contributed by atoms with van der Waals surface area (Å²) in [6.07, 6.45) is 3.91. The zero-order chi connectivity index (χ0) is 15.0. The molecule has 1 saturated heterocycles. The van der Waals surface area contributed by atoms with Crippen molar-refractivity contribution < 1.29 is 21.7 Å². The van der Waals surface area contributed by atoms with Crippen molar-refractivity contribution in [3.8, 4) is 0 Å². The van der Waals surface area contributed by atoms with E-state index in [0.717, 1.165) is 28.6 Å². The number of halogens is 1. The van der Waals surface area contributed by atoms with Gasteiger partial charge >= 0.3 is 5.63 Å². The average molecular weight is 322 g/mol. The molecule has 0 bridgehead atoms. The van der Waals surface area contributed by atoms with Crippen molar-refractivity contribution >= 4 is 11.0 Å². The van der Waals surface area contributed by atoms with Gasteiger partial charge in [0.2, 0.25) is 0 Å². The Morgan fingerprint density at radius 3 is 2.77 bits per heavy atom. The molecule has 2 unspecified atom stereocenters. The van der Waals surface area contributed by atoms with Gasteiger partial charge in [0, 0.05) is 17.0 Å². The van der Waals surface area contributed by atoms with Crippen LogP contribution in [0, 0.1) is 13.8 Å². The number of hydrogen-bond donors (Lipinski definition) is 1. The molecular formula is C18H24ClNO2. The van der Waals surface area contributed by atoms with E-state index >= 15 is 0 Å². The molecule has 0 aliphatic carbocycles. The number of fused-ring (bicyclic) bond motifs is 1. The molecule has 1 fully saturated rings. The molecule has 22 heavy (non-hydrogen) atoms. The van der Waals surface area contributed by atoms with E-state index in [1.54, 1.807) is 11.0 Å². The smallest absolute Gasteiger partial charge is 0.336 e. The summed E-state index contributed by atoms with van der Waals surface area (Å²) in [7, 11) is 0. The molecule has 2 atom stereocenters. The lowest BCUT2D eigenvalue weighted by molar-refractivity contribution is -0.941. The Hall–Kier alpha value is -1.32. The Morgan fingerprint density at radius 2 is 2.05 bits per heavy atom. The third-order valence-electron chi connectivity index (χ3n) is 5.02. The molecule has 120 valence electrons. The second kappa shape index (κ2) is 6.84. The molecule has 1 aliphatic heterocycles. The first-order chi connectivity index (χ1) is 10.1. The van der Waals surface area contributed by atoms with Crippen molar-refractivity contribution in [2.24, 2.45) is 0 Å². The molecule has 2 heterocycles. The SMILES string of the molecule is Cc1ccc2c(C[NH+]3CCCCC3C)cc(=O)oc2c1C.[Cl-]. The van der Waals surface area contributed by atoms with Crippen LogP contribution in [0.1, 0.15) is 42.9 Å². The van der Waals surface area contributed by atoms with E-state index in [-0.39, 0.29) is 18.0 Å². The van der Waals surface area contributed by atoms with Gasteiger partial charge in [-0.2, -0.15) is 0 Å². The predicted molar refractivity (Wildman–Crippen MR) is 84.8 cm³/mol. The van der Waals surface area contributed by atoms with E-state index in [0.29, 0.717) is 6.04 Å². The normalized spacial score (nSPS) is 21.6. The van der Waals surface area contributed by atoms with Gasteiger partial charge in [-0.05, 0) is 51.2 Å². The van der Waals surface area contributed by atoms with Gasteiger partial charge in [0.1, 0.15) is 12.1 Å². The second-order valence-corrected chi connectivity index (χ2v) is 6.46. The molecule has 4 heteroatoms. The quantitative estimate of drug-likeness (QED) is 0.748. The van der Waals surface area contributed by atoms with Crippen LogP contribution < -0.4 is 22.9 Å². The first-order valence-electron chi connectivity index (χ1n) is 7.94. The van der Waals surface area contributed by atoms with Crippen molar-refractivity contribution in [1.82, 2.24) is 0 Å². The molecule has 0 amide bonds. The third kappa shape index (κ3) is 3.21. The number of nitrogens with one attached hydrogen (secondary N) is 1. The Balaban J connectivity index is 0.00000176. The van der Waals surface area contributed by atoms with Crippen LogP contribution >= 0.6 is 0 Å². The fourth-order valence-electron chi connectivity index (χ4n) is 3.43. The fourth-order valence-corrected chi connectivity index (χ4v) is 3.43. The molecule has 1 aromatic carbocycles. The molecule has 1 aliphatic rings.